The molecule has 2 aliphatic rings. The van der Waals surface area contributed by atoms with Gasteiger partial charge in [0.2, 0.25) is 0 Å². The fourth-order valence-electron chi connectivity index (χ4n) is 8.18. The number of allylic oxidation sites excluding steroid dienone is 4. The van der Waals surface area contributed by atoms with Gasteiger partial charge in [-0.1, -0.05) is 0 Å². The number of aryl methyl sites for hydroxylation is 2. The summed E-state index contributed by atoms with van der Waals surface area (Å²) in [5.74, 6) is 0.370. The van der Waals surface area contributed by atoms with Crippen LogP contribution in [0.1, 0.15) is 109 Å². The molecule has 0 fully saturated rings. The molecule has 266 valence electrons. The number of hydrogen-bond acceptors (Lipinski definition) is 0. The number of fused-ring (bicyclic) bond motifs is 3. The van der Waals surface area contributed by atoms with Gasteiger partial charge in [-0.25, -0.2) is 0 Å². The topological polar surface area (TPSA) is 0 Å². The van der Waals surface area contributed by atoms with Gasteiger partial charge in [0, 0.05) is 0 Å². The van der Waals surface area contributed by atoms with Crippen LogP contribution in [0.15, 0.2) is 130 Å². The molecule has 0 heterocycles. The van der Waals surface area contributed by atoms with Crippen LogP contribution in [0.4, 0.5) is 0 Å². The fraction of sp³-hybridized carbons (Fsp3) is 0.286. The first kappa shape index (κ1) is 40.1. The van der Waals surface area contributed by atoms with Crippen molar-refractivity contribution in [1.29, 1.82) is 0 Å². The predicted octanol–water partition coefficient (Wildman–Crippen LogP) is 6.87. The summed E-state index contributed by atoms with van der Waals surface area (Å²) in [6.07, 6.45) is 2.58. The van der Waals surface area contributed by atoms with E-state index in [0.29, 0.717) is 9.54 Å². The summed E-state index contributed by atoms with van der Waals surface area (Å²) in [4.78, 5) is 0. The second-order valence-electron chi connectivity index (χ2n) is 16.8. The summed E-state index contributed by atoms with van der Waals surface area (Å²) >= 11 is -3.01. The van der Waals surface area contributed by atoms with E-state index >= 15 is 0 Å². The van der Waals surface area contributed by atoms with Crippen LogP contribution >= 0.6 is 0 Å². The molecule has 52 heavy (non-hydrogen) atoms. The minimum atomic E-state index is -3.01. The number of benzene rings is 5. The molecule has 0 bridgehead atoms. The molecular formula is C49H52Cl2Zr. The van der Waals surface area contributed by atoms with Crippen LogP contribution < -0.4 is 24.8 Å². The van der Waals surface area contributed by atoms with Crippen LogP contribution in [0, 0.1) is 19.8 Å². The maximum atomic E-state index is 2.61. The molecular weight excluding hydrogens is 751 g/mol. The number of halogens is 2. The van der Waals surface area contributed by atoms with E-state index in [-0.39, 0.29) is 35.6 Å². The Morgan fingerprint density at radius 3 is 1.42 bits per heavy atom. The van der Waals surface area contributed by atoms with Crippen LogP contribution in [0.2, 0.25) is 0 Å². The third-order valence-electron chi connectivity index (χ3n) is 11.0. The van der Waals surface area contributed by atoms with Crippen molar-refractivity contribution in [2.24, 2.45) is 5.92 Å². The van der Waals surface area contributed by atoms with Gasteiger partial charge in [0.25, 0.3) is 0 Å². The first-order chi connectivity index (χ1) is 23.7. The molecule has 1 atom stereocenters. The Morgan fingerprint density at radius 1 is 0.558 bits per heavy atom. The molecule has 0 radical (unpaired) electrons. The summed E-state index contributed by atoms with van der Waals surface area (Å²) in [6.45, 7) is 23.5. The molecule has 5 aromatic carbocycles. The Bertz CT molecular complexity index is 2070. The third kappa shape index (κ3) is 7.49. The largest absolute Gasteiger partial charge is 1.00 e. The van der Waals surface area contributed by atoms with Gasteiger partial charge in [-0.2, -0.15) is 0 Å². The van der Waals surface area contributed by atoms with Crippen molar-refractivity contribution in [2.75, 3.05) is 0 Å². The summed E-state index contributed by atoms with van der Waals surface area (Å²) in [7, 11) is 0. The maximum Gasteiger partial charge on any atom is -1.00 e. The molecule has 0 nitrogen and oxygen atoms in total. The van der Waals surface area contributed by atoms with Crippen molar-refractivity contribution in [3.63, 3.8) is 0 Å². The molecule has 0 N–H and O–H groups in total. The standard InChI is InChI=1S/C21H25.C15H14.C13H13.2ClH.Zr/c1-20(2,3)16-7-9-18-14(12-16)11-15-13-17(21(4,5)6)8-10-19(15)18;1-12-3-7-14(8-4-12)11-15-9-5-13(2)6-10-15;1-10-8-11(2)13(9-10)12-6-4-3-5-7-12;;;/h7-13H,1-6H3;3-10H,1-2H3;3-7,9-10H,1-2H3;2*1H;/q;;;;;+2/p-2. The van der Waals surface area contributed by atoms with Crippen LogP contribution in [0.5, 0.6) is 0 Å². The molecule has 0 aromatic heterocycles. The third-order valence-corrected chi connectivity index (χ3v) is 20.2. The van der Waals surface area contributed by atoms with Crippen molar-refractivity contribution >= 4 is 8.78 Å². The molecule has 0 saturated heterocycles. The fourth-order valence-corrected chi connectivity index (χ4v) is 18.1. The average Bonchev–Trinajstić information content (AvgIpc) is 3.56. The van der Waals surface area contributed by atoms with E-state index in [9.17, 15) is 0 Å². The SMILES string of the molecule is CC1=[C]([Zr+2](=[C](c2ccc(C)cc2)c2ccc(C)cc2)[CH]2c3cc(C(C)(C)C)ccc3-c3ccc(C(C)(C)C)cc32)C(C)C=C1c1ccccc1.[Cl-].[Cl-]. The summed E-state index contributed by atoms with van der Waals surface area (Å²) in [5.41, 5.74) is 18.6. The molecule has 2 aliphatic carbocycles. The van der Waals surface area contributed by atoms with Crippen molar-refractivity contribution in [2.45, 2.75) is 83.7 Å². The van der Waals surface area contributed by atoms with Gasteiger partial charge >= 0.3 is 311 Å². The van der Waals surface area contributed by atoms with E-state index in [1.165, 1.54) is 61.2 Å². The van der Waals surface area contributed by atoms with E-state index in [4.69, 9.17) is 0 Å². The van der Waals surface area contributed by atoms with Gasteiger partial charge in [0.1, 0.15) is 0 Å². The molecule has 5 aromatic rings. The smallest absolute Gasteiger partial charge is 1.00 e. The maximum absolute atomic E-state index is 3.01. The Morgan fingerprint density at radius 2 is 1.00 bits per heavy atom. The molecule has 0 spiro atoms. The summed E-state index contributed by atoms with van der Waals surface area (Å²) in [6, 6.07) is 45.0. The zero-order valence-corrected chi connectivity index (χ0v) is 36.4. The summed E-state index contributed by atoms with van der Waals surface area (Å²) < 4.78 is 3.69. The number of rotatable bonds is 5. The Balaban J connectivity index is 0.00000261. The van der Waals surface area contributed by atoms with Gasteiger partial charge < -0.3 is 24.8 Å². The number of hydrogen-bond donors (Lipinski definition) is 0. The normalized spacial score (nSPS) is 15.2. The van der Waals surface area contributed by atoms with Crippen LogP contribution in [0.3, 0.4) is 0 Å². The van der Waals surface area contributed by atoms with Crippen molar-refractivity contribution < 1.29 is 46.1 Å². The average molecular weight is 803 g/mol. The molecule has 0 saturated carbocycles. The minimum absolute atomic E-state index is 0. The van der Waals surface area contributed by atoms with Crippen molar-refractivity contribution in [1.82, 2.24) is 0 Å². The molecule has 1 unspecified atom stereocenters. The van der Waals surface area contributed by atoms with Gasteiger partial charge in [-0.05, 0) is 0 Å². The van der Waals surface area contributed by atoms with Gasteiger partial charge in [-0.15, -0.1) is 0 Å². The Hall–Kier alpha value is -3.09. The quantitative estimate of drug-likeness (QED) is 0.182. The molecule has 7 rings (SSSR count). The summed E-state index contributed by atoms with van der Waals surface area (Å²) in [5, 5.41) is 0. The zero-order chi connectivity index (χ0) is 35.5. The van der Waals surface area contributed by atoms with Crippen LogP contribution in [-0.2, 0) is 32.1 Å². The van der Waals surface area contributed by atoms with Gasteiger partial charge in [0.05, 0.1) is 0 Å². The Labute approximate surface area is 333 Å². The van der Waals surface area contributed by atoms with Crippen LogP contribution in [0.25, 0.3) is 16.7 Å². The van der Waals surface area contributed by atoms with Gasteiger partial charge in [-0.3, -0.25) is 0 Å². The zero-order valence-electron chi connectivity index (χ0n) is 32.5. The predicted molar refractivity (Wildman–Crippen MR) is 213 cm³/mol. The molecule has 0 aliphatic heterocycles. The van der Waals surface area contributed by atoms with E-state index < -0.39 is 21.3 Å². The second kappa shape index (κ2) is 15.3. The van der Waals surface area contributed by atoms with Gasteiger partial charge in [0.15, 0.2) is 0 Å². The van der Waals surface area contributed by atoms with E-state index in [1.54, 1.807) is 17.6 Å². The first-order valence-corrected chi connectivity index (χ1v) is 22.3. The first-order valence-electron chi connectivity index (χ1n) is 18.4. The molecule has 0 amide bonds. The Kier molecular flexibility index (Phi) is 11.8. The van der Waals surface area contributed by atoms with E-state index in [0.717, 1.165) is 0 Å². The van der Waals surface area contributed by atoms with E-state index in [2.05, 4.69) is 191 Å². The van der Waals surface area contributed by atoms with Crippen LogP contribution in [-0.4, -0.2) is 3.21 Å². The second-order valence-corrected chi connectivity index (χ2v) is 22.8. The molecule has 3 heteroatoms. The van der Waals surface area contributed by atoms with Crippen molar-refractivity contribution in [3.05, 3.63) is 180 Å². The minimum Gasteiger partial charge on any atom is -1.00 e. The monoisotopic (exact) mass is 800 g/mol. The van der Waals surface area contributed by atoms with Crippen molar-refractivity contribution in [3.8, 4) is 11.1 Å². The van der Waals surface area contributed by atoms with E-state index in [1.807, 2.05) is 0 Å².